The van der Waals surface area contributed by atoms with E-state index < -0.39 is 5.97 Å². The molecule has 1 heterocycles. The molecule has 0 saturated heterocycles. The molecule has 0 saturated carbocycles. The number of carbonyl (C=O) groups is 1. The standard InChI is InChI=1S/C8H8BrNO2/c1-5-2-6(3-8(11)12)7(9)4-10-5/h2,4H,3H2,1H3,(H,11,12). The van der Waals surface area contributed by atoms with Crippen LogP contribution in [0.4, 0.5) is 0 Å². The first-order valence-corrected chi connectivity index (χ1v) is 4.21. The largest absolute Gasteiger partial charge is 0.481 e. The molecule has 0 radical (unpaired) electrons. The minimum atomic E-state index is -0.832. The molecular formula is C8H8BrNO2. The van der Waals surface area contributed by atoms with Crippen molar-refractivity contribution < 1.29 is 9.90 Å². The summed E-state index contributed by atoms with van der Waals surface area (Å²) in [5.41, 5.74) is 1.59. The Hall–Kier alpha value is -0.900. The van der Waals surface area contributed by atoms with E-state index in [1.165, 1.54) is 0 Å². The summed E-state index contributed by atoms with van der Waals surface area (Å²) in [6.07, 6.45) is 1.65. The number of hydrogen-bond acceptors (Lipinski definition) is 2. The first kappa shape index (κ1) is 9.19. The fourth-order valence-corrected chi connectivity index (χ4v) is 1.26. The van der Waals surface area contributed by atoms with Crippen LogP contribution in [0.1, 0.15) is 11.3 Å². The highest BCUT2D eigenvalue weighted by Crippen LogP contribution is 2.16. The highest BCUT2D eigenvalue weighted by atomic mass is 79.9. The van der Waals surface area contributed by atoms with Gasteiger partial charge in [0.1, 0.15) is 0 Å². The molecule has 0 atom stereocenters. The molecule has 1 N–H and O–H groups in total. The van der Waals surface area contributed by atoms with Crippen LogP contribution in [0.2, 0.25) is 0 Å². The van der Waals surface area contributed by atoms with Gasteiger partial charge in [-0.15, -0.1) is 0 Å². The Labute approximate surface area is 78.6 Å². The molecule has 0 fully saturated rings. The molecule has 1 rings (SSSR count). The highest BCUT2D eigenvalue weighted by molar-refractivity contribution is 9.10. The lowest BCUT2D eigenvalue weighted by atomic mass is 10.2. The van der Waals surface area contributed by atoms with Gasteiger partial charge < -0.3 is 5.11 Å². The molecule has 0 amide bonds. The zero-order valence-electron chi connectivity index (χ0n) is 6.54. The number of aromatic nitrogens is 1. The van der Waals surface area contributed by atoms with Crippen LogP contribution >= 0.6 is 15.9 Å². The molecule has 0 aromatic carbocycles. The zero-order chi connectivity index (χ0) is 9.14. The van der Waals surface area contributed by atoms with Gasteiger partial charge in [-0.2, -0.15) is 0 Å². The third-order valence-electron chi connectivity index (χ3n) is 1.41. The number of carboxylic acids is 1. The van der Waals surface area contributed by atoms with E-state index in [-0.39, 0.29) is 6.42 Å². The minimum absolute atomic E-state index is 0.0317. The Kier molecular flexibility index (Phi) is 2.81. The third kappa shape index (κ3) is 2.30. The predicted molar refractivity (Wildman–Crippen MR) is 48.0 cm³/mol. The lowest BCUT2D eigenvalue weighted by Gasteiger charge is -2.00. The first-order valence-electron chi connectivity index (χ1n) is 3.42. The molecule has 3 nitrogen and oxygen atoms in total. The number of aryl methyl sites for hydroxylation is 1. The summed E-state index contributed by atoms with van der Waals surface area (Å²) in [6, 6.07) is 1.76. The summed E-state index contributed by atoms with van der Waals surface area (Å²) in [5.74, 6) is -0.832. The van der Waals surface area contributed by atoms with E-state index in [0.29, 0.717) is 0 Å². The number of halogens is 1. The number of aliphatic carboxylic acids is 1. The van der Waals surface area contributed by atoms with Crippen molar-refractivity contribution in [2.45, 2.75) is 13.3 Å². The summed E-state index contributed by atoms with van der Waals surface area (Å²) >= 11 is 3.23. The maximum Gasteiger partial charge on any atom is 0.307 e. The number of pyridine rings is 1. The lowest BCUT2D eigenvalue weighted by molar-refractivity contribution is -0.136. The van der Waals surface area contributed by atoms with E-state index in [0.717, 1.165) is 15.7 Å². The molecule has 1 aromatic heterocycles. The molecule has 1 aromatic rings. The second kappa shape index (κ2) is 3.67. The van der Waals surface area contributed by atoms with Crippen molar-refractivity contribution >= 4 is 21.9 Å². The van der Waals surface area contributed by atoms with Crippen LogP contribution in [0.15, 0.2) is 16.7 Å². The Morgan fingerprint density at radius 2 is 2.42 bits per heavy atom. The number of nitrogens with zero attached hydrogens (tertiary/aromatic N) is 1. The van der Waals surface area contributed by atoms with Crippen molar-refractivity contribution in [2.75, 3.05) is 0 Å². The second-order valence-electron chi connectivity index (χ2n) is 2.49. The highest BCUT2D eigenvalue weighted by Gasteiger charge is 2.05. The summed E-state index contributed by atoms with van der Waals surface area (Å²) in [5, 5.41) is 8.54. The van der Waals surface area contributed by atoms with Crippen LogP contribution in [-0.2, 0) is 11.2 Å². The molecule has 0 aliphatic rings. The van der Waals surface area contributed by atoms with Crippen molar-refractivity contribution in [1.82, 2.24) is 4.98 Å². The molecule has 64 valence electrons. The predicted octanol–water partition coefficient (Wildman–Crippen LogP) is 1.78. The van der Waals surface area contributed by atoms with Gasteiger partial charge in [-0.05, 0) is 34.5 Å². The van der Waals surface area contributed by atoms with Gasteiger partial charge in [0.05, 0.1) is 6.42 Å². The van der Waals surface area contributed by atoms with Crippen molar-refractivity contribution in [3.8, 4) is 0 Å². The summed E-state index contributed by atoms with van der Waals surface area (Å²) in [6.45, 7) is 1.83. The van der Waals surface area contributed by atoms with Crippen LogP contribution in [-0.4, -0.2) is 16.1 Å². The Bertz CT molecular complexity index is 312. The van der Waals surface area contributed by atoms with Gasteiger partial charge in [-0.25, -0.2) is 0 Å². The SMILES string of the molecule is Cc1cc(CC(=O)O)c(Br)cn1. The Morgan fingerprint density at radius 3 is 3.00 bits per heavy atom. The third-order valence-corrected chi connectivity index (χ3v) is 2.13. The van der Waals surface area contributed by atoms with Crippen LogP contribution in [0.5, 0.6) is 0 Å². The summed E-state index contributed by atoms with van der Waals surface area (Å²) < 4.78 is 0.746. The minimum Gasteiger partial charge on any atom is -0.481 e. The van der Waals surface area contributed by atoms with E-state index in [1.54, 1.807) is 12.3 Å². The smallest absolute Gasteiger partial charge is 0.307 e. The van der Waals surface area contributed by atoms with Gasteiger partial charge in [0.2, 0.25) is 0 Å². The molecule has 0 spiro atoms. The quantitative estimate of drug-likeness (QED) is 0.842. The van der Waals surface area contributed by atoms with Gasteiger partial charge in [0.15, 0.2) is 0 Å². The molecule has 0 aliphatic heterocycles. The number of rotatable bonds is 2. The van der Waals surface area contributed by atoms with Crippen molar-refractivity contribution in [1.29, 1.82) is 0 Å². The summed E-state index contributed by atoms with van der Waals surface area (Å²) in [4.78, 5) is 14.4. The average molecular weight is 230 g/mol. The fraction of sp³-hybridized carbons (Fsp3) is 0.250. The molecule has 0 unspecified atom stereocenters. The molecule has 0 bridgehead atoms. The Morgan fingerprint density at radius 1 is 1.75 bits per heavy atom. The molecule has 0 aliphatic carbocycles. The molecular weight excluding hydrogens is 222 g/mol. The monoisotopic (exact) mass is 229 g/mol. The number of hydrogen-bond donors (Lipinski definition) is 1. The normalized spacial score (nSPS) is 9.83. The van der Waals surface area contributed by atoms with Gasteiger partial charge in [0.25, 0.3) is 0 Å². The van der Waals surface area contributed by atoms with E-state index in [2.05, 4.69) is 20.9 Å². The lowest BCUT2D eigenvalue weighted by Crippen LogP contribution is -2.01. The topological polar surface area (TPSA) is 50.2 Å². The van der Waals surface area contributed by atoms with Crippen molar-refractivity contribution in [2.24, 2.45) is 0 Å². The number of carboxylic acid groups (broad SMARTS) is 1. The van der Waals surface area contributed by atoms with Crippen LogP contribution in [0.25, 0.3) is 0 Å². The van der Waals surface area contributed by atoms with Crippen LogP contribution in [0, 0.1) is 6.92 Å². The van der Waals surface area contributed by atoms with E-state index in [9.17, 15) is 4.79 Å². The van der Waals surface area contributed by atoms with Crippen molar-refractivity contribution in [3.05, 3.63) is 28.0 Å². The van der Waals surface area contributed by atoms with Crippen LogP contribution in [0.3, 0.4) is 0 Å². The molecule has 4 heteroatoms. The molecule has 12 heavy (non-hydrogen) atoms. The van der Waals surface area contributed by atoms with Crippen molar-refractivity contribution in [3.63, 3.8) is 0 Å². The van der Waals surface area contributed by atoms with Gasteiger partial charge in [0, 0.05) is 16.4 Å². The van der Waals surface area contributed by atoms with Gasteiger partial charge in [-0.1, -0.05) is 0 Å². The first-order chi connectivity index (χ1) is 5.59. The summed E-state index contributed by atoms with van der Waals surface area (Å²) in [7, 11) is 0. The average Bonchev–Trinajstić information content (AvgIpc) is 1.96. The van der Waals surface area contributed by atoms with Gasteiger partial charge >= 0.3 is 5.97 Å². The fourth-order valence-electron chi connectivity index (χ4n) is 0.898. The van der Waals surface area contributed by atoms with E-state index in [4.69, 9.17) is 5.11 Å². The van der Waals surface area contributed by atoms with Crippen LogP contribution < -0.4 is 0 Å². The maximum absolute atomic E-state index is 10.4. The maximum atomic E-state index is 10.4. The second-order valence-corrected chi connectivity index (χ2v) is 3.34. The van der Waals surface area contributed by atoms with E-state index in [1.807, 2.05) is 6.92 Å². The van der Waals surface area contributed by atoms with E-state index >= 15 is 0 Å². The Balaban J connectivity index is 2.97. The zero-order valence-corrected chi connectivity index (χ0v) is 8.13. The van der Waals surface area contributed by atoms with Gasteiger partial charge in [-0.3, -0.25) is 9.78 Å².